The maximum absolute atomic E-state index is 4.27. The van der Waals surface area contributed by atoms with Gasteiger partial charge in [0.1, 0.15) is 5.03 Å². The first-order valence-electron chi connectivity index (χ1n) is 3.95. The number of fused-ring (bicyclic) bond motifs is 1. The third kappa shape index (κ3) is 1.37. The van der Waals surface area contributed by atoms with Crippen LogP contribution in [-0.2, 0) is 0 Å². The lowest BCUT2D eigenvalue weighted by atomic mass is 10.2. The fourth-order valence-electron chi connectivity index (χ4n) is 1.24. The lowest BCUT2D eigenvalue weighted by Gasteiger charge is -2.02. The summed E-state index contributed by atoms with van der Waals surface area (Å²) in [4.78, 5) is 4.27. The number of pyridine rings is 1. The summed E-state index contributed by atoms with van der Waals surface area (Å²) in [5, 5.41) is 10.2. The van der Waals surface area contributed by atoms with E-state index >= 15 is 0 Å². The molecule has 0 aliphatic rings. The van der Waals surface area contributed by atoms with Gasteiger partial charge in [-0.25, -0.2) is 0 Å². The fourth-order valence-corrected chi connectivity index (χ4v) is 1.75. The van der Waals surface area contributed by atoms with E-state index in [-0.39, 0.29) is 0 Å². The molecule has 0 amide bonds. The summed E-state index contributed by atoms with van der Waals surface area (Å²) in [7, 11) is 0. The highest BCUT2D eigenvalue weighted by Crippen LogP contribution is 2.22. The average molecular weight is 191 g/mol. The van der Waals surface area contributed by atoms with Gasteiger partial charge in [0, 0.05) is 11.6 Å². The van der Waals surface area contributed by atoms with Crippen molar-refractivity contribution in [2.24, 2.45) is 0 Å². The van der Waals surface area contributed by atoms with Crippen LogP contribution >= 0.6 is 11.8 Å². The van der Waals surface area contributed by atoms with Crippen LogP contribution in [-0.4, -0.2) is 21.4 Å². The van der Waals surface area contributed by atoms with Crippen LogP contribution in [0.15, 0.2) is 23.4 Å². The normalized spacial score (nSPS) is 10.6. The van der Waals surface area contributed by atoms with Gasteiger partial charge in [0.05, 0.1) is 11.2 Å². The molecule has 0 saturated carbocycles. The van der Waals surface area contributed by atoms with Crippen LogP contribution in [0, 0.1) is 6.92 Å². The summed E-state index contributed by atoms with van der Waals surface area (Å²) in [6, 6.07) is 3.94. The number of aryl methyl sites for hydroxylation is 1. The molecule has 2 heterocycles. The third-order valence-corrected chi connectivity index (χ3v) is 2.55. The van der Waals surface area contributed by atoms with Gasteiger partial charge in [-0.05, 0) is 25.3 Å². The maximum Gasteiger partial charge on any atom is 0.128 e. The fraction of sp³-hybridized carbons (Fsp3) is 0.222. The summed E-state index contributed by atoms with van der Waals surface area (Å²) < 4.78 is 0. The number of hydrogen-bond acceptors (Lipinski definition) is 4. The second-order valence-electron chi connectivity index (χ2n) is 2.69. The van der Waals surface area contributed by atoms with E-state index in [9.17, 15) is 0 Å². The van der Waals surface area contributed by atoms with E-state index in [0.29, 0.717) is 0 Å². The molecule has 2 aromatic rings. The quantitative estimate of drug-likeness (QED) is 0.647. The molecule has 0 fully saturated rings. The number of rotatable bonds is 1. The molecule has 13 heavy (non-hydrogen) atoms. The van der Waals surface area contributed by atoms with Gasteiger partial charge in [-0.1, -0.05) is 0 Å². The highest BCUT2D eigenvalue weighted by molar-refractivity contribution is 7.98. The molecular weight excluding hydrogens is 182 g/mol. The minimum Gasteiger partial charge on any atom is -0.254 e. The first-order valence-corrected chi connectivity index (χ1v) is 5.17. The monoisotopic (exact) mass is 191 g/mol. The molecule has 0 aromatic carbocycles. The van der Waals surface area contributed by atoms with E-state index in [1.165, 1.54) is 0 Å². The minimum atomic E-state index is 0.883. The van der Waals surface area contributed by atoms with Crippen molar-refractivity contribution in [1.29, 1.82) is 0 Å². The van der Waals surface area contributed by atoms with Crippen LogP contribution in [0.3, 0.4) is 0 Å². The number of hydrogen-bond donors (Lipinski definition) is 0. The van der Waals surface area contributed by atoms with Gasteiger partial charge < -0.3 is 0 Å². The third-order valence-electron chi connectivity index (χ3n) is 1.87. The van der Waals surface area contributed by atoms with E-state index < -0.39 is 0 Å². The van der Waals surface area contributed by atoms with E-state index in [1.807, 2.05) is 25.3 Å². The largest absolute Gasteiger partial charge is 0.254 e. The number of aromatic nitrogens is 3. The Kier molecular flexibility index (Phi) is 2.14. The summed E-state index contributed by atoms with van der Waals surface area (Å²) in [6.07, 6.45) is 3.77. The van der Waals surface area contributed by atoms with Crippen LogP contribution in [0.2, 0.25) is 0 Å². The average Bonchev–Trinajstić information content (AvgIpc) is 2.19. The molecule has 0 bridgehead atoms. The molecule has 0 aliphatic heterocycles. The van der Waals surface area contributed by atoms with Gasteiger partial charge in [0.15, 0.2) is 0 Å². The Hall–Kier alpha value is -1.16. The summed E-state index contributed by atoms with van der Waals surface area (Å²) in [5.74, 6) is 0. The van der Waals surface area contributed by atoms with E-state index in [2.05, 4.69) is 15.2 Å². The Morgan fingerprint density at radius 1 is 1.31 bits per heavy atom. The van der Waals surface area contributed by atoms with Crippen molar-refractivity contribution in [2.45, 2.75) is 11.9 Å². The Balaban J connectivity index is 2.84. The Morgan fingerprint density at radius 2 is 2.15 bits per heavy atom. The predicted molar refractivity (Wildman–Crippen MR) is 53.9 cm³/mol. The molecule has 0 saturated heterocycles. The van der Waals surface area contributed by atoms with Gasteiger partial charge in [-0.15, -0.1) is 16.9 Å². The van der Waals surface area contributed by atoms with Crippen molar-refractivity contribution in [3.05, 3.63) is 24.0 Å². The van der Waals surface area contributed by atoms with Crippen molar-refractivity contribution < 1.29 is 0 Å². The number of thioether (sulfide) groups is 1. The van der Waals surface area contributed by atoms with Crippen molar-refractivity contribution in [3.8, 4) is 0 Å². The van der Waals surface area contributed by atoms with Gasteiger partial charge >= 0.3 is 0 Å². The lowest BCUT2D eigenvalue weighted by molar-refractivity contribution is 0.919. The standard InChI is InChI=1S/C9H9N3S/c1-6-8-7(4-3-5-10-8)9(13-2)12-11-6/h3-5H,1-2H3. The van der Waals surface area contributed by atoms with E-state index in [4.69, 9.17) is 0 Å². The van der Waals surface area contributed by atoms with Gasteiger partial charge in [-0.2, -0.15) is 5.10 Å². The molecule has 2 aromatic heterocycles. The van der Waals surface area contributed by atoms with Crippen molar-refractivity contribution in [1.82, 2.24) is 15.2 Å². The van der Waals surface area contributed by atoms with Crippen molar-refractivity contribution in [3.63, 3.8) is 0 Å². The van der Waals surface area contributed by atoms with Crippen LogP contribution < -0.4 is 0 Å². The van der Waals surface area contributed by atoms with E-state index in [0.717, 1.165) is 21.6 Å². The van der Waals surface area contributed by atoms with Crippen LogP contribution in [0.1, 0.15) is 5.69 Å². The molecule has 0 spiro atoms. The summed E-state index contributed by atoms with van der Waals surface area (Å²) in [5.41, 5.74) is 1.83. The van der Waals surface area contributed by atoms with Gasteiger partial charge in [0.25, 0.3) is 0 Å². The minimum absolute atomic E-state index is 0.883. The van der Waals surface area contributed by atoms with Gasteiger partial charge in [-0.3, -0.25) is 4.98 Å². The molecular formula is C9H9N3S. The topological polar surface area (TPSA) is 38.7 Å². The SMILES string of the molecule is CSc1nnc(C)c2ncccc12. The van der Waals surface area contributed by atoms with Crippen LogP contribution in [0.5, 0.6) is 0 Å². The van der Waals surface area contributed by atoms with Crippen molar-refractivity contribution in [2.75, 3.05) is 6.26 Å². The molecule has 2 rings (SSSR count). The first kappa shape index (κ1) is 8.44. The summed E-state index contributed by atoms with van der Waals surface area (Å²) >= 11 is 1.59. The molecule has 3 nitrogen and oxygen atoms in total. The molecule has 4 heteroatoms. The Labute approximate surface area is 80.6 Å². The van der Waals surface area contributed by atoms with E-state index in [1.54, 1.807) is 18.0 Å². The zero-order valence-corrected chi connectivity index (χ0v) is 8.30. The van der Waals surface area contributed by atoms with Crippen LogP contribution in [0.4, 0.5) is 0 Å². The first-order chi connectivity index (χ1) is 6.33. The zero-order chi connectivity index (χ0) is 9.26. The second-order valence-corrected chi connectivity index (χ2v) is 3.49. The summed E-state index contributed by atoms with van der Waals surface area (Å²) in [6.45, 7) is 1.92. The maximum atomic E-state index is 4.27. The smallest absolute Gasteiger partial charge is 0.128 e. The molecule has 0 atom stereocenters. The highest BCUT2D eigenvalue weighted by Gasteiger charge is 2.04. The molecule has 0 aliphatic carbocycles. The second kappa shape index (κ2) is 3.30. The van der Waals surface area contributed by atoms with Crippen LogP contribution in [0.25, 0.3) is 10.9 Å². The lowest BCUT2D eigenvalue weighted by Crippen LogP contribution is -1.93. The molecule has 0 N–H and O–H groups in total. The number of nitrogens with zero attached hydrogens (tertiary/aromatic N) is 3. The molecule has 66 valence electrons. The van der Waals surface area contributed by atoms with Gasteiger partial charge in [0.2, 0.25) is 0 Å². The Morgan fingerprint density at radius 3 is 2.92 bits per heavy atom. The molecule has 0 radical (unpaired) electrons. The highest BCUT2D eigenvalue weighted by atomic mass is 32.2. The molecule has 0 unspecified atom stereocenters. The Bertz CT molecular complexity index is 442. The van der Waals surface area contributed by atoms with Crippen molar-refractivity contribution >= 4 is 22.7 Å². The predicted octanol–water partition coefficient (Wildman–Crippen LogP) is 2.06. The zero-order valence-electron chi connectivity index (χ0n) is 7.48.